The van der Waals surface area contributed by atoms with Crippen molar-refractivity contribution in [1.29, 1.82) is 0 Å². The third-order valence-electron chi connectivity index (χ3n) is 5.79. The van der Waals surface area contributed by atoms with E-state index in [0.717, 1.165) is 45.5 Å². The lowest BCUT2D eigenvalue weighted by Gasteiger charge is -2.44. The first-order chi connectivity index (χ1) is 16.0. The maximum absolute atomic E-state index is 10.5. The number of hydrogen-bond donors (Lipinski definition) is 1. The van der Waals surface area contributed by atoms with Gasteiger partial charge in [0.05, 0.1) is 26.6 Å². The summed E-state index contributed by atoms with van der Waals surface area (Å²) in [5, 5.41) is 17.7. The van der Waals surface area contributed by atoms with Crippen molar-refractivity contribution in [3.05, 3.63) is 46.6 Å². The molecule has 1 aliphatic rings. The minimum absolute atomic E-state index is 0.184. The number of thiazole rings is 1. The fourth-order valence-electron chi connectivity index (χ4n) is 4.26. The van der Waals surface area contributed by atoms with Gasteiger partial charge in [-0.25, -0.2) is 4.98 Å². The van der Waals surface area contributed by atoms with Crippen LogP contribution in [0.1, 0.15) is 24.7 Å². The zero-order chi connectivity index (χ0) is 22.9. The Hall–Kier alpha value is -2.37. The predicted octanol–water partition coefficient (Wildman–Crippen LogP) is 4.01. The minimum atomic E-state index is -0.642. The lowest BCUT2D eigenvalue weighted by Crippen LogP contribution is -2.59. The molecule has 0 spiro atoms. The van der Waals surface area contributed by atoms with Crippen molar-refractivity contribution in [2.75, 3.05) is 19.6 Å². The van der Waals surface area contributed by atoms with E-state index in [4.69, 9.17) is 9.26 Å². The number of ether oxygens (including phenoxy) is 1. The van der Waals surface area contributed by atoms with Gasteiger partial charge in [-0.1, -0.05) is 11.2 Å². The van der Waals surface area contributed by atoms with Crippen LogP contribution in [-0.2, 0) is 6.54 Å². The molecule has 1 aliphatic heterocycles. The summed E-state index contributed by atoms with van der Waals surface area (Å²) in [5.74, 6) is 1.98. The Kier molecular flexibility index (Phi) is 6.44. The second-order valence-corrected chi connectivity index (χ2v) is 10.6. The summed E-state index contributed by atoms with van der Waals surface area (Å²) >= 11 is 3.27. The molecule has 0 aliphatic carbocycles. The number of aliphatic hydroxyl groups excluding tert-OH is 1. The zero-order valence-corrected chi connectivity index (χ0v) is 20.5. The number of hydrogen-bond acceptors (Lipinski definition) is 10. The highest BCUT2D eigenvalue weighted by molar-refractivity contribution is 7.18. The van der Waals surface area contributed by atoms with E-state index in [1.807, 2.05) is 42.6 Å². The van der Waals surface area contributed by atoms with Crippen LogP contribution in [0.25, 0.3) is 20.9 Å². The quantitative estimate of drug-likeness (QED) is 0.420. The van der Waals surface area contributed by atoms with Crippen molar-refractivity contribution in [2.45, 2.75) is 45.7 Å². The summed E-state index contributed by atoms with van der Waals surface area (Å²) in [7, 11) is 0. The monoisotopic (exact) mass is 485 g/mol. The summed E-state index contributed by atoms with van der Waals surface area (Å²) in [6.45, 7) is 8.94. The molecule has 4 heterocycles. The van der Waals surface area contributed by atoms with E-state index in [1.165, 1.54) is 0 Å². The van der Waals surface area contributed by atoms with Crippen molar-refractivity contribution in [3.8, 4) is 16.5 Å². The van der Waals surface area contributed by atoms with E-state index in [1.54, 1.807) is 29.6 Å². The van der Waals surface area contributed by atoms with Gasteiger partial charge in [0, 0.05) is 31.7 Å². The number of fused-ring (bicyclic) bond motifs is 1. The van der Waals surface area contributed by atoms with Gasteiger partial charge >= 0.3 is 0 Å². The third-order valence-corrected chi connectivity index (χ3v) is 7.61. The minimum Gasteiger partial charge on any atom is -0.472 e. The molecule has 0 saturated carbocycles. The van der Waals surface area contributed by atoms with Gasteiger partial charge in [0.1, 0.15) is 11.9 Å². The maximum Gasteiger partial charge on any atom is 0.241 e. The van der Waals surface area contributed by atoms with Crippen LogP contribution >= 0.6 is 22.7 Å². The van der Waals surface area contributed by atoms with Crippen molar-refractivity contribution < 1.29 is 14.4 Å². The first kappa shape index (κ1) is 22.4. The number of aromatic nitrogens is 3. The number of aliphatic hydroxyl groups is 1. The third kappa shape index (κ3) is 4.95. The SMILES string of the molecule is Cc1nc2cc(OC([C@@H](C)O)N3CCN(Cc4nc(-c5cccs5)no4)C[C@@H]3C)ccc2s1. The Bertz CT molecular complexity index is 1210. The Morgan fingerprint density at radius 1 is 1.27 bits per heavy atom. The Morgan fingerprint density at radius 2 is 2.15 bits per heavy atom. The highest BCUT2D eigenvalue weighted by Gasteiger charge is 2.34. The van der Waals surface area contributed by atoms with Gasteiger partial charge < -0.3 is 14.4 Å². The van der Waals surface area contributed by atoms with Crippen LogP contribution in [-0.4, -0.2) is 68.0 Å². The summed E-state index contributed by atoms with van der Waals surface area (Å²) in [5.41, 5.74) is 0.929. The molecule has 1 unspecified atom stereocenters. The lowest BCUT2D eigenvalue weighted by molar-refractivity contribution is -0.0964. The number of piperazine rings is 1. The maximum atomic E-state index is 10.5. The Morgan fingerprint density at radius 3 is 2.91 bits per heavy atom. The second kappa shape index (κ2) is 9.47. The van der Waals surface area contributed by atoms with Crippen LogP contribution in [0.15, 0.2) is 40.2 Å². The molecular weight excluding hydrogens is 458 g/mol. The average molecular weight is 486 g/mol. The van der Waals surface area contributed by atoms with Gasteiger partial charge in [0.2, 0.25) is 11.7 Å². The Balaban J connectivity index is 1.23. The summed E-state index contributed by atoms with van der Waals surface area (Å²) in [6, 6.07) is 10.1. The molecule has 1 aromatic carbocycles. The molecule has 0 bridgehead atoms. The summed E-state index contributed by atoms with van der Waals surface area (Å²) in [6.07, 6.45) is -1.08. The number of nitrogens with zero attached hydrogens (tertiary/aromatic N) is 5. The van der Waals surface area contributed by atoms with Crippen molar-refractivity contribution >= 4 is 32.9 Å². The van der Waals surface area contributed by atoms with E-state index in [2.05, 4.69) is 31.8 Å². The number of benzene rings is 1. The van der Waals surface area contributed by atoms with Gasteiger partial charge in [-0.15, -0.1) is 22.7 Å². The molecule has 3 aromatic heterocycles. The van der Waals surface area contributed by atoms with Crippen molar-refractivity contribution in [1.82, 2.24) is 24.9 Å². The number of aryl methyl sites for hydroxylation is 1. The fraction of sp³-hybridized carbons (Fsp3) is 0.435. The first-order valence-corrected chi connectivity index (χ1v) is 12.7. The predicted molar refractivity (Wildman–Crippen MR) is 130 cm³/mol. The number of thiophene rings is 1. The molecule has 1 N–H and O–H groups in total. The molecule has 8 nitrogen and oxygen atoms in total. The molecule has 0 amide bonds. The zero-order valence-electron chi connectivity index (χ0n) is 18.8. The molecule has 5 rings (SSSR count). The van der Waals surface area contributed by atoms with Crippen molar-refractivity contribution in [3.63, 3.8) is 0 Å². The van der Waals surface area contributed by atoms with Crippen molar-refractivity contribution in [2.24, 2.45) is 0 Å². The largest absolute Gasteiger partial charge is 0.472 e. The highest BCUT2D eigenvalue weighted by Crippen LogP contribution is 2.28. The number of rotatable bonds is 7. The van der Waals surface area contributed by atoms with Gasteiger partial charge in [-0.3, -0.25) is 9.80 Å². The molecule has 3 atom stereocenters. The molecule has 1 fully saturated rings. The van der Waals surface area contributed by atoms with Crippen LogP contribution in [0.4, 0.5) is 0 Å². The fourth-order valence-corrected chi connectivity index (χ4v) is 5.72. The summed E-state index contributed by atoms with van der Waals surface area (Å²) < 4.78 is 12.9. The van der Waals surface area contributed by atoms with Crippen LogP contribution < -0.4 is 4.74 Å². The second-order valence-electron chi connectivity index (χ2n) is 8.42. The van der Waals surface area contributed by atoms with E-state index in [-0.39, 0.29) is 6.04 Å². The van der Waals surface area contributed by atoms with E-state index in [9.17, 15) is 5.11 Å². The lowest BCUT2D eigenvalue weighted by atomic mass is 10.1. The molecule has 33 heavy (non-hydrogen) atoms. The molecule has 10 heteroatoms. The van der Waals surface area contributed by atoms with Gasteiger partial charge in [0.15, 0.2) is 6.23 Å². The van der Waals surface area contributed by atoms with Crippen LogP contribution in [0.5, 0.6) is 5.75 Å². The highest BCUT2D eigenvalue weighted by atomic mass is 32.1. The standard InChI is InChI=1S/C23H27N5O3S2/c1-14-12-27(13-21-25-22(26-31-21)20-5-4-10-32-20)8-9-28(14)23(15(2)29)30-17-6-7-19-18(11-17)24-16(3)33-19/h4-7,10-11,14-15,23,29H,8-9,12-13H2,1-3H3/t14-,15+,23?/m0/s1. The molecule has 174 valence electrons. The Labute approximate surface area is 200 Å². The smallest absolute Gasteiger partial charge is 0.241 e. The molecular formula is C23H27N5O3S2. The molecule has 0 radical (unpaired) electrons. The van der Waals surface area contributed by atoms with Crippen LogP contribution in [0, 0.1) is 6.92 Å². The van der Waals surface area contributed by atoms with E-state index >= 15 is 0 Å². The van der Waals surface area contributed by atoms with E-state index < -0.39 is 12.3 Å². The summed E-state index contributed by atoms with van der Waals surface area (Å²) in [4.78, 5) is 14.6. The average Bonchev–Trinajstić information content (AvgIpc) is 3.52. The van der Waals surface area contributed by atoms with E-state index in [0.29, 0.717) is 18.3 Å². The molecule has 1 saturated heterocycles. The van der Waals surface area contributed by atoms with Gasteiger partial charge in [-0.2, -0.15) is 4.98 Å². The van der Waals surface area contributed by atoms with Gasteiger partial charge in [0.25, 0.3) is 0 Å². The molecule has 4 aromatic rings. The topological polar surface area (TPSA) is 87.8 Å². The van der Waals surface area contributed by atoms with Crippen LogP contribution in [0.2, 0.25) is 0 Å². The van der Waals surface area contributed by atoms with Gasteiger partial charge in [-0.05, 0) is 44.4 Å². The first-order valence-electron chi connectivity index (χ1n) is 11.0. The van der Waals surface area contributed by atoms with Crippen LogP contribution in [0.3, 0.4) is 0 Å². The normalized spacial score (nSPS) is 19.7.